The summed E-state index contributed by atoms with van der Waals surface area (Å²) >= 11 is 5.28. The van der Waals surface area contributed by atoms with Gasteiger partial charge in [-0.25, -0.2) is 15.0 Å². The first kappa shape index (κ1) is 15.4. The van der Waals surface area contributed by atoms with Crippen LogP contribution in [0.4, 0.5) is 5.82 Å². The number of aliphatic hydroxyl groups is 3. The van der Waals surface area contributed by atoms with Crippen LogP contribution < -0.4 is 5.73 Å². The Labute approximate surface area is 139 Å². The number of nitrogens with two attached hydrogens (primary N) is 1. The van der Waals surface area contributed by atoms with Crippen LogP contribution in [0.2, 0.25) is 0 Å². The first-order valence-electron chi connectivity index (χ1n) is 7.14. The van der Waals surface area contributed by atoms with E-state index in [1.807, 2.05) is 0 Å². The van der Waals surface area contributed by atoms with Crippen LogP contribution in [0.1, 0.15) is 6.23 Å². The summed E-state index contributed by atoms with van der Waals surface area (Å²) in [5.41, 5.74) is 6.83. The number of H-pyrrole nitrogens is 1. The molecule has 0 aliphatic carbocycles. The van der Waals surface area contributed by atoms with Crippen LogP contribution in [0.25, 0.3) is 22.1 Å². The Bertz CT molecular complexity index is 988. The van der Waals surface area contributed by atoms with Gasteiger partial charge in [0, 0.05) is 0 Å². The summed E-state index contributed by atoms with van der Waals surface area (Å²) in [4.78, 5) is 15.2. The Kier molecular flexibility index (Phi) is 3.47. The van der Waals surface area contributed by atoms with Crippen LogP contribution in [0, 0.1) is 4.64 Å². The minimum atomic E-state index is -1.27. The molecule has 1 aliphatic heterocycles. The van der Waals surface area contributed by atoms with E-state index in [2.05, 4.69) is 19.9 Å². The molecule has 4 heterocycles. The highest BCUT2D eigenvalue weighted by atomic mass is 32.1. The van der Waals surface area contributed by atoms with Gasteiger partial charge in [0.1, 0.15) is 46.4 Å². The number of hydrogen-bond acceptors (Lipinski definition) is 9. The molecule has 1 fully saturated rings. The zero-order valence-corrected chi connectivity index (χ0v) is 13.0. The van der Waals surface area contributed by atoms with E-state index in [1.165, 1.54) is 12.7 Å². The maximum absolute atomic E-state index is 10.4. The number of aromatic nitrogens is 5. The molecule has 126 valence electrons. The van der Waals surface area contributed by atoms with E-state index in [0.717, 1.165) is 0 Å². The van der Waals surface area contributed by atoms with Gasteiger partial charge in [-0.05, 0) is 0 Å². The van der Waals surface area contributed by atoms with Crippen molar-refractivity contribution in [2.24, 2.45) is 0 Å². The highest BCUT2D eigenvalue weighted by Gasteiger charge is 2.44. The molecule has 3 aromatic heterocycles. The van der Waals surface area contributed by atoms with Crippen LogP contribution in [-0.4, -0.2) is 64.7 Å². The molecule has 1 aliphatic rings. The normalized spacial score (nSPS) is 27.3. The molecular formula is C13H14N6O4S. The summed E-state index contributed by atoms with van der Waals surface area (Å²) < 4.78 is 7.45. The second-order valence-corrected chi connectivity index (χ2v) is 5.87. The molecule has 10 nitrogen and oxygen atoms in total. The van der Waals surface area contributed by atoms with Gasteiger partial charge in [0.25, 0.3) is 0 Å². The summed E-state index contributed by atoms with van der Waals surface area (Å²) in [6.07, 6.45) is -1.72. The third kappa shape index (κ3) is 1.96. The van der Waals surface area contributed by atoms with Crippen LogP contribution in [-0.2, 0) is 4.74 Å². The SMILES string of the molecule is Nc1ncnc2c1c1c(=S)nc[nH]c1n2[C@@H]1O[C@H](CO)[C@@H](O)[C@H]1O. The molecule has 3 aromatic rings. The molecule has 24 heavy (non-hydrogen) atoms. The van der Waals surface area contributed by atoms with Gasteiger partial charge in [-0.15, -0.1) is 0 Å². The summed E-state index contributed by atoms with van der Waals surface area (Å²) in [5.74, 6) is 0.211. The molecule has 4 rings (SSSR count). The average Bonchev–Trinajstić information content (AvgIpc) is 3.05. The molecule has 6 N–H and O–H groups in total. The number of nitrogens with zero attached hydrogens (tertiary/aromatic N) is 4. The topological polar surface area (TPSA) is 155 Å². The number of ether oxygens (including phenoxy) is 1. The molecule has 0 radical (unpaired) electrons. The second kappa shape index (κ2) is 5.43. The van der Waals surface area contributed by atoms with Crippen LogP contribution in [0.5, 0.6) is 0 Å². The van der Waals surface area contributed by atoms with Crippen LogP contribution in [0.15, 0.2) is 12.7 Å². The number of aliphatic hydroxyl groups excluding tert-OH is 3. The molecule has 0 saturated carbocycles. The van der Waals surface area contributed by atoms with Gasteiger partial charge in [0.15, 0.2) is 6.23 Å². The summed E-state index contributed by atoms with van der Waals surface area (Å²) in [5, 5.41) is 30.7. The van der Waals surface area contributed by atoms with Gasteiger partial charge >= 0.3 is 0 Å². The predicted octanol–water partition coefficient (Wildman–Crippen LogP) is -0.769. The van der Waals surface area contributed by atoms with E-state index in [1.54, 1.807) is 4.57 Å². The molecule has 0 unspecified atom stereocenters. The molecule has 0 bridgehead atoms. The summed E-state index contributed by atoms with van der Waals surface area (Å²) in [7, 11) is 0. The molecule has 0 aromatic carbocycles. The van der Waals surface area contributed by atoms with Crippen molar-refractivity contribution in [2.75, 3.05) is 12.3 Å². The minimum absolute atomic E-state index is 0.211. The fourth-order valence-electron chi connectivity index (χ4n) is 3.06. The van der Waals surface area contributed by atoms with Crippen LogP contribution >= 0.6 is 12.2 Å². The first-order chi connectivity index (χ1) is 11.5. The van der Waals surface area contributed by atoms with Gasteiger partial charge in [-0.1, -0.05) is 12.2 Å². The smallest absolute Gasteiger partial charge is 0.166 e. The third-order valence-electron chi connectivity index (χ3n) is 4.18. The van der Waals surface area contributed by atoms with E-state index in [4.69, 9.17) is 22.7 Å². The third-order valence-corrected chi connectivity index (χ3v) is 4.49. The van der Waals surface area contributed by atoms with Gasteiger partial charge < -0.3 is 30.8 Å². The van der Waals surface area contributed by atoms with Crippen molar-refractivity contribution in [1.29, 1.82) is 0 Å². The van der Waals surface area contributed by atoms with Gasteiger partial charge in [-0.3, -0.25) is 4.57 Å². The van der Waals surface area contributed by atoms with Gasteiger partial charge in [0.2, 0.25) is 0 Å². The quantitative estimate of drug-likeness (QED) is 0.375. The van der Waals surface area contributed by atoms with E-state index >= 15 is 0 Å². The molecular weight excluding hydrogens is 336 g/mol. The van der Waals surface area contributed by atoms with Crippen molar-refractivity contribution in [3.8, 4) is 0 Å². The molecule has 11 heteroatoms. The Morgan fingerprint density at radius 1 is 1.25 bits per heavy atom. The Hall–Kier alpha value is -2.18. The standard InChI is InChI=1S/C13H14N6O4S/c14-9-5-6-11(17-3-18-12(6)24)19(10(5)16-2-15-9)13-8(22)7(21)4(1-20)23-13/h2-4,7-8,13,20-22H,1H2,(H2,14,15,16)(H,17,18,24)/t4-,7-,8-,13-/m1/s1. The van der Waals surface area contributed by atoms with Crippen molar-refractivity contribution in [1.82, 2.24) is 24.5 Å². The number of nitrogen functional groups attached to an aromatic ring is 1. The lowest BCUT2D eigenvalue weighted by Crippen LogP contribution is -2.33. The highest BCUT2D eigenvalue weighted by molar-refractivity contribution is 7.71. The number of anilines is 1. The molecule has 1 saturated heterocycles. The maximum Gasteiger partial charge on any atom is 0.166 e. The van der Waals surface area contributed by atoms with Crippen molar-refractivity contribution < 1.29 is 20.1 Å². The number of fused-ring (bicyclic) bond motifs is 3. The number of hydrogen-bond donors (Lipinski definition) is 5. The van der Waals surface area contributed by atoms with E-state index in [-0.39, 0.29) is 5.82 Å². The molecule has 0 amide bonds. The number of aromatic amines is 1. The average molecular weight is 350 g/mol. The van der Waals surface area contributed by atoms with Crippen molar-refractivity contribution in [3.05, 3.63) is 17.3 Å². The van der Waals surface area contributed by atoms with Gasteiger partial charge in [-0.2, -0.15) is 0 Å². The van der Waals surface area contributed by atoms with Crippen LogP contribution in [0.3, 0.4) is 0 Å². The second-order valence-electron chi connectivity index (χ2n) is 5.49. The zero-order valence-electron chi connectivity index (χ0n) is 12.2. The number of rotatable bonds is 2. The first-order valence-corrected chi connectivity index (χ1v) is 7.55. The fourth-order valence-corrected chi connectivity index (χ4v) is 3.32. The molecule has 4 atom stereocenters. The number of nitrogens with one attached hydrogen (secondary N) is 1. The van der Waals surface area contributed by atoms with E-state index < -0.39 is 31.1 Å². The van der Waals surface area contributed by atoms with Crippen molar-refractivity contribution in [2.45, 2.75) is 24.5 Å². The monoisotopic (exact) mass is 350 g/mol. The maximum atomic E-state index is 10.4. The lowest BCUT2D eigenvalue weighted by atomic mass is 10.1. The van der Waals surface area contributed by atoms with E-state index in [9.17, 15) is 15.3 Å². The lowest BCUT2D eigenvalue weighted by molar-refractivity contribution is -0.0492. The molecule has 0 spiro atoms. The predicted molar refractivity (Wildman–Crippen MR) is 85.4 cm³/mol. The Morgan fingerprint density at radius 3 is 2.75 bits per heavy atom. The lowest BCUT2D eigenvalue weighted by Gasteiger charge is -2.18. The Balaban J connectivity index is 2.07. The van der Waals surface area contributed by atoms with Crippen molar-refractivity contribution >= 4 is 40.1 Å². The minimum Gasteiger partial charge on any atom is -0.394 e. The largest absolute Gasteiger partial charge is 0.394 e. The summed E-state index contributed by atoms with van der Waals surface area (Å²) in [6, 6.07) is 0. The fraction of sp³-hybridized carbons (Fsp3) is 0.385. The highest BCUT2D eigenvalue weighted by Crippen LogP contribution is 2.37. The van der Waals surface area contributed by atoms with Gasteiger partial charge in [0.05, 0.1) is 23.7 Å². The zero-order chi connectivity index (χ0) is 17.0. The Morgan fingerprint density at radius 2 is 2.04 bits per heavy atom. The van der Waals surface area contributed by atoms with E-state index in [0.29, 0.717) is 26.7 Å². The summed E-state index contributed by atoms with van der Waals surface area (Å²) in [6.45, 7) is -0.430. The van der Waals surface area contributed by atoms with Crippen molar-refractivity contribution in [3.63, 3.8) is 0 Å².